The maximum Gasteiger partial charge on any atom is 0.386 e. The summed E-state index contributed by atoms with van der Waals surface area (Å²) in [4.78, 5) is 13.8. The molecular formula is C10H15N3O4. The van der Waals surface area contributed by atoms with Gasteiger partial charge >= 0.3 is 5.82 Å². The number of methoxy groups -OCH3 is 1. The molecule has 94 valence electrons. The van der Waals surface area contributed by atoms with Crippen molar-refractivity contribution >= 4 is 11.5 Å². The van der Waals surface area contributed by atoms with Crippen LogP contribution in [-0.4, -0.2) is 43.4 Å². The third kappa shape index (κ3) is 4.75. The third-order valence-electron chi connectivity index (χ3n) is 1.95. The van der Waals surface area contributed by atoms with E-state index in [4.69, 9.17) is 9.47 Å². The molecular weight excluding hydrogens is 226 g/mol. The van der Waals surface area contributed by atoms with Gasteiger partial charge in [0.05, 0.1) is 19.8 Å². The average Bonchev–Trinajstić information content (AvgIpc) is 2.34. The van der Waals surface area contributed by atoms with Crippen LogP contribution < -0.4 is 5.32 Å². The van der Waals surface area contributed by atoms with Crippen LogP contribution in [0.1, 0.15) is 0 Å². The number of pyridine rings is 1. The van der Waals surface area contributed by atoms with E-state index in [1.54, 1.807) is 19.2 Å². The molecule has 0 amide bonds. The first-order valence-corrected chi connectivity index (χ1v) is 5.15. The van der Waals surface area contributed by atoms with Crippen molar-refractivity contribution in [3.8, 4) is 0 Å². The second-order valence-electron chi connectivity index (χ2n) is 3.16. The zero-order chi connectivity index (χ0) is 12.5. The largest absolute Gasteiger partial charge is 0.386 e. The lowest BCUT2D eigenvalue weighted by molar-refractivity contribution is -0.388. The molecule has 0 aliphatic rings. The van der Waals surface area contributed by atoms with Crippen LogP contribution in [0.5, 0.6) is 0 Å². The summed E-state index contributed by atoms with van der Waals surface area (Å²) in [7, 11) is 1.60. The fourth-order valence-electron chi connectivity index (χ4n) is 1.18. The van der Waals surface area contributed by atoms with Crippen molar-refractivity contribution in [3.05, 3.63) is 28.4 Å². The lowest BCUT2D eigenvalue weighted by Gasteiger charge is -2.06. The molecule has 0 atom stereocenters. The van der Waals surface area contributed by atoms with E-state index < -0.39 is 4.92 Å². The zero-order valence-corrected chi connectivity index (χ0v) is 9.59. The fraction of sp³-hybridized carbons (Fsp3) is 0.500. The SMILES string of the molecule is COCCOCCNc1cccnc1[N+](=O)[O-]. The Morgan fingerprint density at radius 1 is 1.47 bits per heavy atom. The van der Waals surface area contributed by atoms with Gasteiger partial charge in [0.2, 0.25) is 0 Å². The summed E-state index contributed by atoms with van der Waals surface area (Å²) in [6.45, 7) is 1.98. The first-order chi connectivity index (χ1) is 8.25. The van der Waals surface area contributed by atoms with Gasteiger partial charge < -0.3 is 24.9 Å². The number of nitrogens with one attached hydrogen (secondary N) is 1. The first-order valence-electron chi connectivity index (χ1n) is 5.15. The summed E-state index contributed by atoms with van der Waals surface area (Å²) < 4.78 is 10.0. The van der Waals surface area contributed by atoms with Crippen LogP contribution in [0.2, 0.25) is 0 Å². The second kappa shape index (κ2) is 7.53. The monoisotopic (exact) mass is 241 g/mol. The van der Waals surface area contributed by atoms with Crippen molar-refractivity contribution < 1.29 is 14.4 Å². The molecule has 0 unspecified atom stereocenters. The predicted molar refractivity (Wildman–Crippen MR) is 62.1 cm³/mol. The standard InChI is InChI=1S/C10H15N3O4/c1-16-7-8-17-6-5-11-9-3-2-4-12-10(9)13(14)15/h2-4,11H,5-8H2,1H3. The number of nitrogens with zero attached hydrogens (tertiary/aromatic N) is 2. The van der Waals surface area contributed by atoms with E-state index in [9.17, 15) is 10.1 Å². The minimum Gasteiger partial charge on any atom is -0.382 e. The van der Waals surface area contributed by atoms with E-state index in [0.717, 1.165) is 0 Å². The summed E-state index contributed by atoms with van der Waals surface area (Å²) in [6.07, 6.45) is 1.39. The summed E-state index contributed by atoms with van der Waals surface area (Å²) in [5.41, 5.74) is 0.396. The third-order valence-corrected chi connectivity index (χ3v) is 1.95. The minimum atomic E-state index is -0.520. The molecule has 1 aromatic rings. The van der Waals surface area contributed by atoms with Gasteiger partial charge in [-0.3, -0.25) is 0 Å². The Kier molecular flexibility index (Phi) is 5.91. The number of rotatable bonds is 8. The Morgan fingerprint density at radius 2 is 2.29 bits per heavy atom. The summed E-state index contributed by atoms with van der Waals surface area (Å²) in [6, 6.07) is 3.25. The molecule has 0 aliphatic carbocycles. The quantitative estimate of drug-likeness (QED) is 0.416. The van der Waals surface area contributed by atoms with Crippen LogP contribution in [-0.2, 0) is 9.47 Å². The van der Waals surface area contributed by atoms with E-state index in [-0.39, 0.29) is 5.82 Å². The Morgan fingerprint density at radius 3 is 3.00 bits per heavy atom. The molecule has 1 N–H and O–H groups in total. The van der Waals surface area contributed by atoms with Gasteiger partial charge in [0.25, 0.3) is 0 Å². The molecule has 1 heterocycles. The molecule has 0 saturated carbocycles. The Balaban J connectivity index is 2.34. The van der Waals surface area contributed by atoms with Crippen LogP contribution in [0.15, 0.2) is 18.3 Å². The summed E-state index contributed by atoms with van der Waals surface area (Å²) >= 11 is 0. The van der Waals surface area contributed by atoms with Gasteiger partial charge in [-0.05, 0) is 22.0 Å². The maximum atomic E-state index is 10.7. The molecule has 7 heteroatoms. The number of aromatic nitrogens is 1. The number of ether oxygens (including phenoxy) is 2. The van der Waals surface area contributed by atoms with Gasteiger partial charge in [-0.1, -0.05) is 0 Å². The van der Waals surface area contributed by atoms with E-state index >= 15 is 0 Å². The Bertz CT molecular complexity index is 359. The van der Waals surface area contributed by atoms with Crippen LogP contribution in [0.3, 0.4) is 0 Å². The topological polar surface area (TPSA) is 86.5 Å². The number of anilines is 1. The molecule has 0 aromatic carbocycles. The van der Waals surface area contributed by atoms with Crippen molar-refractivity contribution in [1.82, 2.24) is 4.98 Å². The Hall–Kier alpha value is -1.73. The predicted octanol–water partition coefficient (Wildman–Crippen LogP) is 1.06. The summed E-state index contributed by atoms with van der Waals surface area (Å²) in [5, 5.41) is 13.6. The van der Waals surface area contributed by atoms with E-state index in [2.05, 4.69) is 10.3 Å². The highest BCUT2D eigenvalue weighted by Gasteiger charge is 2.12. The zero-order valence-electron chi connectivity index (χ0n) is 9.59. The molecule has 1 rings (SSSR count). The molecule has 0 aliphatic heterocycles. The molecule has 17 heavy (non-hydrogen) atoms. The van der Waals surface area contributed by atoms with Gasteiger partial charge in [-0.25, -0.2) is 0 Å². The maximum absolute atomic E-state index is 10.7. The molecule has 7 nitrogen and oxygen atoms in total. The molecule has 0 saturated heterocycles. The van der Waals surface area contributed by atoms with Gasteiger partial charge in [0.15, 0.2) is 0 Å². The number of nitro groups is 1. The highest BCUT2D eigenvalue weighted by molar-refractivity contribution is 5.56. The van der Waals surface area contributed by atoms with E-state index in [1.807, 2.05) is 0 Å². The summed E-state index contributed by atoms with van der Waals surface area (Å²) in [5.74, 6) is -0.176. The van der Waals surface area contributed by atoms with Crippen LogP contribution >= 0.6 is 0 Å². The first kappa shape index (κ1) is 13.3. The minimum absolute atomic E-state index is 0.176. The fourth-order valence-corrected chi connectivity index (χ4v) is 1.18. The van der Waals surface area contributed by atoms with Crippen molar-refractivity contribution in [1.29, 1.82) is 0 Å². The second-order valence-corrected chi connectivity index (χ2v) is 3.16. The Labute approximate surface area is 98.9 Å². The molecule has 0 fully saturated rings. The van der Waals surface area contributed by atoms with Crippen molar-refractivity contribution in [2.24, 2.45) is 0 Å². The van der Waals surface area contributed by atoms with Crippen molar-refractivity contribution in [3.63, 3.8) is 0 Å². The highest BCUT2D eigenvalue weighted by Crippen LogP contribution is 2.19. The average molecular weight is 241 g/mol. The van der Waals surface area contributed by atoms with Crippen LogP contribution in [0.25, 0.3) is 0 Å². The number of hydrogen-bond acceptors (Lipinski definition) is 6. The van der Waals surface area contributed by atoms with Gasteiger partial charge in [0, 0.05) is 13.7 Å². The smallest absolute Gasteiger partial charge is 0.382 e. The van der Waals surface area contributed by atoms with Gasteiger partial charge in [0.1, 0.15) is 11.9 Å². The lowest BCUT2D eigenvalue weighted by Crippen LogP contribution is -2.13. The van der Waals surface area contributed by atoms with Crippen molar-refractivity contribution in [2.75, 3.05) is 38.8 Å². The van der Waals surface area contributed by atoms with Gasteiger partial charge in [-0.2, -0.15) is 0 Å². The van der Waals surface area contributed by atoms with Crippen LogP contribution in [0.4, 0.5) is 11.5 Å². The normalized spacial score (nSPS) is 10.2. The highest BCUT2D eigenvalue weighted by atomic mass is 16.6. The lowest BCUT2D eigenvalue weighted by atomic mass is 10.4. The van der Waals surface area contributed by atoms with Crippen molar-refractivity contribution in [2.45, 2.75) is 0 Å². The molecule has 0 bridgehead atoms. The van der Waals surface area contributed by atoms with Crippen LogP contribution in [0, 0.1) is 10.1 Å². The van der Waals surface area contributed by atoms with E-state index in [1.165, 1.54) is 6.20 Å². The molecule has 0 radical (unpaired) electrons. The molecule has 1 aromatic heterocycles. The van der Waals surface area contributed by atoms with Gasteiger partial charge in [-0.15, -0.1) is 0 Å². The molecule has 0 spiro atoms. The van der Waals surface area contributed by atoms with E-state index in [0.29, 0.717) is 32.1 Å². The number of hydrogen-bond donors (Lipinski definition) is 1.